The number of carbonyl (C=O) groups is 1. The largest absolute Gasteiger partial charge is 0.312 e. The summed E-state index contributed by atoms with van der Waals surface area (Å²) in [4.78, 5) is 13.7. The number of anilines is 1. The highest BCUT2D eigenvalue weighted by atomic mass is 32.2. The van der Waals surface area contributed by atoms with Gasteiger partial charge in [-0.2, -0.15) is 0 Å². The molecule has 2 aromatic carbocycles. The molecule has 1 amide bonds. The number of sulfonamides is 1. The number of nitrogens with zero attached hydrogens (tertiary/aromatic N) is 1. The maximum atomic E-state index is 12.8. The average molecular weight is 387 g/mol. The van der Waals surface area contributed by atoms with Gasteiger partial charge in [0, 0.05) is 24.7 Å². The van der Waals surface area contributed by atoms with Crippen LogP contribution in [0.15, 0.2) is 41.3 Å². The Hall–Kier alpha value is -2.18. The van der Waals surface area contributed by atoms with E-state index in [1.54, 1.807) is 29.2 Å². The van der Waals surface area contributed by atoms with Gasteiger partial charge in [0.05, 0.1) is 4.90 Å². The third-order valence-corrected chi connectivity index (χ3v) is 6.77. The van der Waals surface area contributed by atoms with E-state index in [9.17, 15) is 13.2 Å². The second-order valence-corrected chi connectivity index (χ2v) is 8.99. The van der Waals surface area contributed by atoms with Crippen molar-refractivity contribution in [3.63, 3.8) is 0 Å². The Kier molecular flexibility index (Phi) is 5.40. The topological polar surface area (TPSA) is 66.5 Å². The molecule has 0 unspecified atom stereocenters. The van der Waals surface area contributed by atoms with Gasteiger partial charge in [-0.15, -0.1) is 0 Å². The fourth-order valence-electron chi connectivity index (χ4n) is 3.54. The minimum atomic E-state index is -3.65. The fourth-order valence-corrected chi connectivity index (χ4v) is 4.76. The summed E-state index contributed by atoms with van der Waals surface area (Å²) in [6.07, 6.45) is 1.39. The normalized spacial score (nSPS) is 16.0. The van der Waals surface area contributed by atoms with E-state index in [1.165, 1.54) is 5.56 Å². The molecule has 2 aromatic rings. The SMILES string of the molecule is Cc1cc(C)c([C@H](C)NS(=O)(=O)c2ccc(N3CCCC3=O)cc2)cc1C. The lowest BCUT2D eigenvalue weighted by Gasteiger charge is -2.19. The van der Waals surface area contributed by atoms with Crippen LogP contribution in [0.1, 0.15) is 48.1 Å². The Balaban J connectivity index is 1.80. The zero-order valence-electron chi connectivity index (χ0n) is 16.2. The maximum Gasteiger partial charge on any atom is 0.241 e. The molecule has 1 N–H and O–H groups in total. The van der Waals surface area contributed by atoms with Gasteiger partial charge in [0.15, 0.2) is 0 Å². The van der Waals surface area contributed by atoms with Gasteiger partial charge in [-0.3, -0.25) is 4.79 Å². The smallest absolute Gasteiger partial charge is 0.241 e. The van der Waals surface area contributed by atoms with E-state index in [2.05, 4.69) is 10.8 Å². The number of nitrogens with one attached hydrogen (secondary N) is 1. The maximum absolute atomic E-state index is 12.8. The first-order chi connectivity index (χ1) is 12.7. The van der Waals surface area contributed by atoms with Crippen molar-refractivity contribution in [3.05, 3.63) is 58.7 Å². The molecule has 0 spiro atoms. The molecule has 5 nitrogen and oxygen atoms in total. The molecule has 1 aliphatic heterocycles. The molecule has 1 saturated heterocycles. The summed E-state index contributed by atoms with van der Waals surface area (Å²) in [5, 5.41) is 0. The van der Waals surface area contributed by atoms with Crippen molar-refractivity contribution in [3.8, 4) is 0 Å². The lowest BCUT2D eigenvalue weighted by atomic mass is 9.97. The van der Waals surface area contributed by atoms with E-state index in [0.717, 1.165) is 28.8 Å². The van der Waals surface area contributed by atoms with Gasteiger partial charge in [0.25, 0.3) is 0 Å². The molecular weight excluding hydrogens is 360 g/mol. The third-order valence-electron chi connectivity index (χ3n) is 5.21. The molecule has 27 heavy (non-hydrogen) atoms. The van der Waals surface area contributed by atoms with Crippen LogP contribution in [0.3, 0.4) is 0 Å². The summed E-state index contributed by atoms with van der Waals surface area (Å²) >= 11 is 0. The van der Waals surface area contributed by atoms with Gasteiger partial charge in [-0.05, 0) is 80.6 Å². The van der Waals surface area contributed by atoms with Crippen LogP contribution in [0, 0.1) is 20.8 Å². The van der Waals surface area contributed by atoms with E-state index in [-0.39, 0.29) is 16.8 Å². The van der Waals surface area contributed by atoms with Crippen LogP contribution in [-0.2, 0) is 14.8 Å². The number of amides is 1. The van der Waals surface area contributed by atoms with E-state index in [0.29, 0.717) is 13.0 Å². The predicted molar refractivity (Wildman–Crippen MR) is 107 cm³/mol. The van der Waals surface area contributed by atoms with Crippen LogP contribution < -0.4 is 9.62 Å². The first kappa shape index (κ1) is 19.6. The molecule has 144 valence electrons. The standard InChI is InChI=1S/C21H26N2O3S/c1-14-12-16(3)20(13-15(14)2)17(4)22-27(25,26)19-9-7-18(8-10-19)23-11-5-6-21(23)24/h7-10,12-13,17,22H,5-6,11H2,1-4H3/t17-/m0/s1. The van der Waals surface area contributed by atoms with Crippen molar-refractivity contribution in [1.82, 2.24) is 4.72 Å². The summed E-state index contributed by atoms with van der Waals surface area (Å²) in [6, 6.07) is 10.3. The minimum absolute atomic E-state index is 0.0857. The van der Waals surface area contributed by atoms with Crippen LogP contribution in [-0.4, -0.2) is 20.9 Å². The lowest BCUT2D eigenvalue weighted by Crippen LogP contribution is -2.28. The van der Waals surface area contributed by atoms with E-state index >= 15 is 0 Å². The highest BCUT2D eigenvalue weighted by molar-refractivity contribution is 7.89. The molecule has 3 rings (SSSR count). The van der Waals surface area contributed by atoms with Gasteiger partial charge in [0.1, 0.15) is 0 Å². The second-order valence-electron chi connectivity index (χ2n) is 7.28. The van der Waals surface area contributed by atoms with Gasteiger partial charge >= 0.3 is 0 Å². The van der Waals surface area contributed by atoms with Crippen molar-refractivity contribution in [1.29, 1.82) is 0 Å². The molecule has 0 aromatic heterocycles. The molecule has 0 aliphatic carbocycles. The molecule has 1 aliphatic rings. The lowest BCUT2D eigenvalue weighted by molar-refractivity contribution is -0.117. The van der Waals surface area contributed by atoms with Crippen LogP contribution in [0.4, 0.5) is 5.69 Å². The van der Waals surface area contributed by atoms with Crippen LogP contribution in [0.2, 0.25) is 0 Å². The summed E-state index contributed by atoms with van der Waals surface area (Å²) in [5.41, 5.74) is 5.12. The third kappa shape index (κ3) is 4.06. The number of hydrogen-bond acceptors (Lipinski definition) is 3. The first-order valence-corrected chi connectivity index (χ1v) is 10.7. The van der Waals surface area contributed by atoms with Gasteiger partial charge < -0.3 is 4.90 Å². The van der Waals surface area contributed by atoms with Crippen molar-refractivity contribution >= 4 is 21.6 Å². The van der Waals surface area contributed by atoms with E-state index in [4.69, 9.17) is 0 Å². The highest BCUT2D eigenvalue weighted by Crippen LogP contribution is 2.25. The molecule has 0 radical (unpaired) electrons. The Bertz CT molecular complexity index is 966. The molecular formula is C21H26N2O3S. The number of benzene rings is 2. The van der Waals surface area contributed by atoms with Crippen molar-refractivity contribution in [2.75, 3.05) is 11.4 Å². The monoisotopic (exact) mass is 386 g/mol. The minimum Gasteiger partial charge on any atom is -0.312 e. The molecule has 1 atom stereocenters. The van der Waals surface area contributed by atoms with Gasteiger partial charge in [-0.1, -0.05) is 12.1 Å². The summed E-state index contributed by atoms with van der Waals surface area (Å²) in [6.45, 7) is 8.61. The zero-order chi connectivity index (χ0) is 19.8. The van der Waals surface area contributed by atoms with Crippen LogP contribution >= 0.6 is 0 Å². The fraction of sp³-hybridized carbons (Fsp3) is 0.381. The van der Waals surface area contributed by atoms with Crippen molar-refractivity contribution < 1.29 is 13.2 Å². The Morgan fingerprint density at radius 1 is 1.00 bits per heavy atom. The van der Waals surface area contributed by atoms with Gasteiger partial charge in [0.2, 0.25) is 15.9 Å². The molecule has 0 saturated carbocycles. The Labute approximate surface area is 161 Å². The van der Waals surface area contributed by atoms with Crippen LogP contribution in [0.5, 0.6) is 0 Å². The molecule has 0 bridgehead atoms. The molecule has 1 heterocycles. The Morgan fingerprint density at radius 2 is 1.63 bits per heavy atom. The summed E-state index contributed by atoms with van der Waals surface area (Å²) in [5.74, 6) is 0.0857. The number of carbonyl (C=O) groups excluding carboxylic acids is 1. The quantitative estimate of drug-likeness (QED) is 0.850. The highest BCUT2D eigenvalue weighted by Gasteiger charge is 2.23. The molecule has 6 heteroatoms. The number of rotatable bonds is 5. The molecule has 1 fully saturated rings. The summed E-state index contributed by atoms with van der Waals surface area (Å²) in [7, 11) is -3.65. The average Bonchev–Trinajstić information content (AvgIpc) is 3.03. The number of aryl methyl sites for hydroxylation is 3. The zero-order valence-corrected chi connectivity index (χ0v) is 17.1. The predicted octanol–water partition coefficient (Wildman–Crippen LogP) is 3.78. The first-order valence-electron chi connectivity index (χ1n) is 9.19. The number of hydrogen-bond donors (Lipinski definition) is 1. The van der Waals surface area contributed by atoms with Crippen molar-refractivity contribution in [2.45, 2.75) is 51.5 Å². The van der Waals surface area contributed by atoms with Gasteiger partial charge in [-0.25, -0.2) is 13.1 Å². The van der Waals surface area contributed by atoms with Crippen LogP contribution in [0.25, 0.3) is 0 Å². The second kappa shape index (κ2) is 7.44. The van der Waals surface area contributed by atoms with E-state index in [1.807, 2.05) is 33.8 Å². The van der Waals surface area contributed by atoms with Crippen molar-refractivity contribution in [2.24, 2.45) is 0 Å². The van der Waals surface area contributed by atoms with E-state index < -0.39 is 10.0 Å². The summed E-state index contributed by atoms with van der Waals surface area (Å²) < 4.78 is 28.3. The Morgan fingerprint density at radius 3 is 2.22 bits per heavy atom.